The van der Waals surface area contributed by atoms with Crippen molar-refractivity contribution in [3.05, 3.63) is 59.7 Å². The molecule has 1 heterocycles. The normalized spacial score (nSPS) is 20.6. The van der Waals surface area contributed by atoms with Crippen molar-refractivity contribution in [3.63, 3.8) is 0 Å². The molecule has 4 nitrogen and oxygen atoms in total. The molecule has 0 radical (unpaired) electrons. The van der Waals surface area contributed by atoms with Gasteiger partial charge in [0, 0.05) is 17.7 Å². The number of amides is 1. The number of hydrogen-bond acceptors (Lipinski definition) is 3. The Hall–Kier alpha value is -2.33. The third-order valence-corrected chi connectivity index (χ3v) is 5.86. The van der Waals surface area contributed by atoms with Crippen molar-refractivity contribution >= 4 is 11.6 Å². The second-order valence-electron chi connectivity index (χ2n) is 7.60. The maximum atomic E-state index is 12.6. The van der Waals surface area contributed by atoms with Gasteiger partial charge >= 0.3 is 0 Å². The molecule has 2 aromatic rings. The molecule has 4 rings (SSSR count). The van der Waals surface area contributed by atoms with E-state index in [0.29, 0.717) is 6.61 Å². The van der Waals surface area contributed by atoms with Gasteiger partial charge in [-0.3, -0.25) is 4.79 Å². The molecule has 1 saturated carbocycles. The maximum absolute atomic E-state index is 12.6. The topological polar surface area (TPSA) is 50.4 Å². The number of benzene rings is 2. The predicted molar refractivity (Wildman–Crippen MR) is 103 cm³/mol. The Bertz CT molecular complexity index is 796. The van der Waals surface area contributed by atoms with Crippen LogP contribution < -0.4 is 15.4 Å². The number of hydrogen-bond donors (Lipinski definition) is 2. The first kappa shape index (κ1) is 17.1. The Morgan fingerprint density at radius 2 is 2.00 bits per heavy atom. The summed E-state index contributed by atoms with van der Waals surface area (Å²) in [5.41, 5.74) is 3.47. The van der Waals surface area contributed by atoms with Crippen LogP contribution in [0.1, 0.15) is 30.4 Å². The number of aryl methyl sites for hydroxylation is 1. The summed E-state index contributed by atoms with van der Waals surface area (Å²) in [6, 6.07) is 15.9. The van der Waals surface area contributed by atoms with Gasteiger partial charge in [0.05, 0.1) is 0 Å². The fraction of sp³-hybridized carbons (Fsp3) is 0.409. The molecule has 1 spiro atoms. The second-order valence-corrected chi connectivity index (χ2v) is 7.60. The number of anilines is 1. The quantitative estimate of drug-likeness (QED) is 0.860. The minimum absolute atomic E-state index is 0.156. The molecule has 1 aliphatic carbocycles. The van der Waals surface area contributed by atoms with E-state index in [1.54, 1.807) is 0 Å². The van der Waals surface area contributed by atoms with E-state index in [-0.39, 0.29) is 17.2 Å². The summed E-state index contributed by atoms with van der Waals surface area (Å²) in [6.07, 6.45) is 3.26. The Balaban J connectivity index is 1.36. The molecular weight excluding hydrogens is 324 g/mol. The molecule has 2 aromatic carbocycles. The molecule has 26 heavy (non-hydrogen) atoms. The van der Waals surface area contributed by atoms with Crippen LogP contribution in [0, 0.1) is 18.3 Å². The summed E-state index contributed by atoms with van der Waals surface area (Å²) in [5, 5.41) is 6.47. The van der Waals surface area contributed by atoms with E-state index in [0.717, 1.165) is 43.8 Å². The highest BCUT2D eigenvalue weighted by Crippen LogP contribution is 2.58. The van der Waals surface area contributed by atoms with E-state index >= 15 is 0 Å². The van der Waals surface area contributed by atoms with E-state index in [1.165, 1.54) is 11.1 Å². The molecule has 1 saturated heterocycles. The lowest BCUT2D eigenvalue weighted by Gasteiger charge is -2.23. The van der Waals surface area contributed by atoms with Crippen LogP contribution in [-0.4, -0.2) is 19.0 Å². The zero-order chi connectivity index (χ0) is 18.0. The first-order valence-corrected chi connectivity index (χ1v) is 9.45. The minimum atomic E-state index is 0.156. The monoisotopic (exact) mass is 350 g/mol. The van der Waals surface area contributed by atoms with Gasteiger partial charge in [-0.1, -0.05) is 30.3 Å². The molecule has 1 aliphatic heterocycles. The van der Waals surface area contributed by atoms with Crippen molar-refractivity contribution in [1.29, 1.82) is 0 Å². The average molecular weight is 350 g/mol. The highest BCUT2D eigenvalue weighted by Gasteiger charge is 2.57. The highest BCUT2D eigenvalue weighted by molar-refractivity contribution is 5.95. The number of rotatable bonds is 5. The van der Waals surface area contributed by atoms with Crippen LogP contribution in [0.15, 0.2) is 48.5 Å². The molecule has 136 valence electrons. The molecule has 2 aliphatic rings. The Kier molecular flexibility index (Phi) is 4.68. The molecule has 1 amide bonds. The van der Waals surface area contributed by atoms with E-state index in [9.17, 15) is 4.79 Å². The van der Waals surface area contributed by atoms with E-state index in [2.05, 4.69) is 29.7 Å². The molecule has 1 atom stereocenters. The Labute approximate surface area is 155 Å². The van der Waals surface area contributed by atoms with Crippen molar-refractivity contribution in [2.24, 2.45) is 11.3 Å². The molecule has 2 N–H and O–H groups in total. The SMILES string of the molecule is Cc1ccccc1COc1cccc(NC(=O)C2CC23CCNCC3)c1. The zero-order valence-corrected chi connectivity index (χ0v) is 15.3. The van der Waals surface area contributed by atoms with Crippen LogP contribution in [-0.2, 0) is 11.4 Å². The predicted octanol–water partition coefficient (Wildman–Crippen LogP) is 3.90. The van der Waals surface area contributed by atoms with Gasteiger partial charge in [-0.05, 0) is 68.0 Å². The van der Waals surface area contributed by atoms with Crippen LogP contribution in [0.5, 0.6) is 5.75 Å². The number of ether oxygens (including phenoxy) is 1. The Morgan fingerprint density at radius 3 is 2.81 bits per heavy atom. The van der Waals surface area contributed by atoms with Gasteiger partial charge in [0.15, 0.2) is 0 Å². The first-order valence-electron chi connectivity index (χ1n) is 9.45. The fourth-order valence-electron chi connectivity index (χ4n) is 4.02. The van der Waals surface area contributed by atoms with E-state index in [4.69, 9.17) is 4.74 Å². The summed E-state index contributed by atoms with van der Waals surface area (Å²) in [6.45, 7) is 4.68. The van der Waals surface area contributed by atoms with Gasteiger partial charge in [-0.15, -0.1) is 0 Å². The van der Waals surface area contributed by atoms with Gasteiger partial charge in [-0.2, -0.15) is 0 Å². The molecule has 0 bridgehead atoms. The third kappa shape index (κ3) is 3.61. The largest absolute Gasteiger partial charge is 0.489 e. The van der Waals surface area contributed by atoms with Crippen LogP contribution >= 0.6 is 0 Å². The summed E-state index contributed by atoms with van der Waals surface area (Å²) >= 11 is 0. The molecular formula is C22H26N2O2. The van der Waals surface area contributed by atoms with Crippen LogP contribution in [0.4, 0.5) is 5.69 Å². The smallest absolute Gasteiger partial charge is 0.228 e. The lowest BCUT2D eigenvalue weighted by Crippen LogP contribution is -2.31. The summed E-state index contributed by atoms with van der Waals surface area (Å²) in [4.78, 5) is 12.6. The van der Waals surface area contributed by atoms with Crippen molar-refractivity contribution in [1.82, 2.24) is 5.32 Å². The number of piperidine rings is 1. The Morgan fingerprint density at radius 1 is 1.19 bits per heavy atom. The fourth-order valence-corrected chi connectivity index (χ4v) is 4.02. The standard InChI is InChI=1S/C22H26N2O2/c1-16-5-2-3-6-17(16)15-26-19-8-4-7-18(13-19)24-21(25)20-14-22(20)9-11-23-12-10-22/h2-8,13,20,23H,9-12,14-15H2,1H3,(H,24,25). The van der Waals surface area contributed by atoms with Crippen LogP contribution in [0.2, 0.25) is 0 Å². The van der Waals surface area contributed by atoms with Gasteiger partial charge in [0.25, 0.3) is 0 Å². The average Bonchev–Trinajstić information content (AvgIpc) is 3.35. The van der Waals surface area contributed by atoms with Gasteiger partial charge in [0.1, 0.15) is 12.4 Å². The molecule has 4 heteroatoms. The molecule has 2 fully saturated rings. The lowest BCUT2D eigenvalue weighted by molar-refractivity contribution is -0.118. The number of carbonyl (C=O) groups is 1. The molecule has 0 aromatic heterocycles. The van der Waals surface area contributed by atoms with Crippen molar-refractivity contribution in [2.75, 3.05) is 18.4 Å². The summed E-state index contributed by atoms with van der Waals surface area (Å²) < 4.78 is 5.92. The van der Waals surface area contributed by atoms with Crippen LogP contribution in [0.3, 0.4) is 0 Å². The minimum Gasteiger partial charge on any atom is -0.489 e. The second kappa shape index (κ2) is 7.12. The first-order chi connectivity index (χ1) is 12.7. The lowest BCUT2D eigenvalue weighted by atomic mass is 9.92. The number of nitrogens with one attached hydrogen (secondary N) is 2. The zero-order valence-electron chi connectivity index (χ0n) is 15.3. The summed E-state index contributed by atoms with van der Waals surface area (Å²) in [5.74, 6) is 1.10. The number of carbonyl (C=O) groups excluding carboxylic acids is 1. The van der Waals surface area contributed by atoms with Gasteiger partial charge < -0.3 is 15.4 Å². The van der Waals surface area contributed by atoms with Gasteiger partial charge in [-0.25, -0.2) is 0 Å². The third-order valence-electron chi connectivity index (χ3n) is 5.86. The highest BCUT2D eigenvalue weighted by atomic mass is 16.5. The van der Waals surface area contributed by atoms with Crippen LogP contribution in [0.25, 0.3) is 0 Å². The maximum Gasteiger partial charge on any atom is 0.228 e. The van der Waals surface area contributed by atoms with Crippen molar-refractivity contribution in [3.8, 4) is 5.75 Å². The summed E-state index contributed by atoms with van der Waals surface area (Å²) in [7, 11) is 0. The van der Waals surface area contributed by atoms with E-state index < -0.39 is 0 Å². The van der Waals surface area contributed by atoms with Crippen molar-refractivity contribution in [2.45, 2.75) is 32.8 Å². The van der Waals surface area contributed by atoms with Gasteiger partial charge in [0.2, 0.25) is 5.91 Å². The van der Waals surface area contributed by atoms with E-state index in [1.807, 2.05) is 36.4 Å². The molecule has 1 unspecified atom stereocenters. The van der Waals surface area contributed by atoms with Crippen molar-refractivity contribution < 1.29 is 9.53 Å².